The average Bonchev–Trinajstić information content (AvgIpc) is 3.06. The highest BCUT2D eigenvalue weighted by Gasteiger charge is 2.44. The Morgan fingerprint density at radius 1 is 1.18 bits per heavy atom. The maximum absolute atomic E-state index is 13.0. The van der Waals surface area contributed by atoms with E-state index < -0.39 is 0 Å². The molecule has 0 radical (unpaired) electrons. The van der Waals surface area contributed by atoms with Crippen molar-refractivity contribution in [3.8, 4) is 0 Å². The first-order chi connectivity index (χ1) is 10.5. The number of carbonyl (C=O) groups is 1. The van der Waals surface area contributed by atoms with Gasteiger partial charge in [-0.05, 0) is 58.7 Å². The van der Waals surface area contributed by atoms with Gasteiger partial charge in [0, 0.05) is 30.4 Å². The van der Waals surface area contributed by atoms with Crippen LogP contribution in [0.1, 0.15) is 51.6 Å². The molecular weight excluding hydrogens is 276 g/mol. The van der Waals surface area contributed by atoms with Crippen LogP contribution in [0.25, 0.3) is 0 Å². The van der Waals surface area contributed by atoms with Gasteiger partial charge >= 0.3 is 0 Å². The first-order valence-corrected chi connectivity index (χ1v) is 8.46. The summed E-state index contributed by atoms with van der Waals surface area (Å²) >= 11 is 0. The van der Waals surface area contributed by atoms with Crippen LogP contribution < -0.4 is 0 Å². The molecule has 0 saturated carbocycles. The minimum atomic E-state index is -0.306. The summed E-state index contributed by atoms with van der Waals surface area (Å²) in [6.07, 6.45) is 7.16. The zero-order valence-corrected chi connectivity index (χ0v) is 14.1. The Labute approximate surface area is 133 Å². The molecule has 2 saturated heterocycles. The number of piperidine rings is 2. The third-order valence-electron chi connectivity index (χ3n) is 6.02. The Morgan fingerprint density at radius 2 is 1.91 bits per heavy atom. The molecule has 5 nitrogen and oxygen atoms in total. The standard InChI is InChI=1S/C17H28N4O/c1-16(14-6-10-18-19-14)8-12-21(13-9-16)15(22)17(2)7-4-5-11-20(17)3/h6,10H,4-5,7-9,11-13H2,1-3H3,(H,18,19). The van der Waals surface area contributed by atoms with E-state index in [0.29, 0.717) is 5.91 Å². The monoisotopic (exact) mass is 304 g/mol. The molecule has 1 aromatic rings. The van der Waals surface area contributed by atoms with Gasteiger partial charge in [-0.2, -0.15) is 5.10 Å². The van der Waals surface area contributed by atoms with Gasteiger partial charge in [0.25, 0.3) is 0 Å². The number of nitrogens with one attached hydrogen (secondary N) is 1. The summed E-state index contributed by atoms with van der Waals surface area (Å²) in [5, 5.41) is 7.19. The second-order valence-electron chi connectivity index (χ2n) is 7.48. The second-order valence-corrected chi connectivity index (χ2v) is 7.48. The third-order valence-corrected chi connectivity index (χ3v) is 6.02. The normalized spacial score (nSPS) is 29.5. The molecule has 2 aliphatic rings. The molecular formula is C17H28N4O. The molecule has 1 atom stereocenters. The number of H-pyrrole nitrogens is 1. The van der Waals surface area contributed by atoms with Crippen molar-refractivity contribution in [2.24, 2.45) is 0 Å². The Bertz CT molecular complexity index is 519. The number of likely N-dealkylation sites (tertiary alicyclic amines) is 2. The fraction of sp³-hybridized carbons (Fsp3) is 0.765. The van der Waals surface area contributed by atoms with Gasteiger partial charge in [0.15, 0.2) is 0 Å². The summed E-state index contributed by atoms with van der Waals surface area (Å²) in [5.41, 5.74) is 1.01. The van der Waals surface area contributed by atoms with Gasteiger partial charge in [-0.15, -0.1) is 0 Å². The van der Waals surface area contributed by atoms with Gasteiger partial charge in [-0.25, -0.2) is 0 Å². The van der Waals surface area contributed by atoms with Crippen LogP contribution in [0.5, 0.6) is 0 Å². The lowest BCUT2D eigenvalue weighted by Gasteiger charge is -2.46. The average molecular weight is 304 g/mol. The molecule has 22 heavy (non-hydrogen) atoms. The minimum absolute atomic E-state index is 0.118. The molecule has 3 rings (SSSR count). The molecule has 1 aromatic heterocycles. The van der Waals surface area contributed by atoms with E-state index in [4.69, 9.17) is 0 Å². The first-order valence-electron chi connectivity index (χ1n) is 8.46. The number of likely N-dealkylation sites (N-methyl/N-ethyl adjacent to an activating group) is 1. The maximum atomic E-state index is 13.0. The van der Waals surface area contributed by atoms with E-state index in [1.165, 1.54) is 12.1 Å². The fourth-order valence-corrected chi connectivity index (χ4v) is 3.93. The first kappa shape index (κ1) is 15.5. The number of amides is 1. The summed E-state index contributed by atoms with van der Waals surface area (Å²) in [4.78, 5) is 17.4. The summed E-state index contributed by atoms with van der Waals surface area (Å²) in [6.45, 7) is 7.12. The topological polar surface area (TPSA) is 52.2 Å². The summed E-state index contributed by atoms with van der Waals surface area (Å²) in [7, 11) is 2.09. The van der Waals surface area contributed by atoms with Crippen molar-refractivity contribution in [1.82, 2.24) is 20.0 Å². The fourth-order valence-electron chi connectivity index (χ4n) is 3.93. The Balaban J connectivity index is 1.67. The van der Waals surface area contributed by atoms with Crippen LogP contribution in [-0.2, 0) is 10.2 Å². The van der Waals surface area contributed by atoms with Crippen LogP contribution in [0, 0.1) is 0 Å². The predicted molar refractivity (Wildman–Crippen MR) is 86.6 cm³/mol. The Morgan fingerprint density at radius 3 is 2.50 bits per heavy atom. The lowest BCUT2D eigenvalue weighted by molar-refractivity contribution is -0.146. The van der Waals surface area contributed by atoms with Crippen molar-refractivity contribution >= 4 is 5.91 Å². The van der Waals surface area contributed by atoms with Gasteiger partial charge in [-0.1, -0.05) is 6.92 Å². The molecule has 3 heterocycles. The van der Waals surface area contributed by atoms with Gasteiger partial charge in [0.1, 0.15) is 0 Å². The van der Waals surface area contributed by atoms with Gasteiger partial charge in [0.05, 0.1) is 5.54 Å². The predicted octanol–water partition coefficient (Wildman–Crippen LogP) is 2.16. The van der Waals surface area contributed by atoms with Crippen LogP contribution in [0.15, 0.2) is 12.3 Å². The molecule has 0 bridgehead atoms. The number of hydrogen-bond acceptors (Lipinski definition) is 3. The van der Waals surface area contributed by atoms with Crippen molar-refractivity contribution < 1.29 is 4.79 Å². The van der Waals surface area contributed by atoms with Gasteiger partial charge < -0.3 is 4.90 Å². The van der Waals surface area contributed by atoms with E-state index in [1.54, 1.807) is 0 Å². The summed E-state index contributed by atoms with van der Waals surface area (Å²) in [6, 6.07) is 2.06. The van der Waals surface area contributed by atoms with Crippen molar-refractivity contribution in [2.45, 2.75) is 56.9 Å². The zero-order valence-electron chi connectivity index (χ0n) is 14.1. The van der Waals surface area contributed by atoms with E-state index >= 15 is 0 Å². The molecule has 2 fully saturated rings. The van der Waals surface area contributed by atoms with Crippen LogP contribution >= 0.6 is 0 Å². The Hall–Kier alpha value is -1.36. The zero-order chi connectivity index (χ0) is 15.8. The molecule has 1 unspecified atom stereocenters. The van der Waals surface area contributed by atoms with E-state index in [1.807, 2.05) is 6.20 Å². The largest absolute Gasteiger partial charge is 0.341 e. The smallest absolute Gasteiger partial charge is 0.242 e. The molecule has 0 aliphatic carbocycles. The number of hydrogen-bond donors (Lipinski definition) is 1. The van der Waals surface area contributed by atoms with E-state index in [0.717, 1.165) is 45.3 Å². The Kier molecular flexibility index (Phi) is 4.02. The van der Waals surface area contributed by atoms with Crippen LogP contribution in [0.3, 0.4) is 0 Å². The number of aromatic nitrogens is 2. The molecule has 1 N–H and O–H groups in total. The highest BCUT2D eigenvalue weighted by Crippen LogP contribution is 2.36. The number of rotatable bonds is 2. The van der Waals surface area contributed by atoms with Crippen LogP contribution in [0.4, 0.5) is 0 Å². The van der Waals surface area contributed by atoms with Gasteiger partial charge in [0.2, 0.25) is 5.91 Å². The van der Waals surface area contributed by atoms with Crippen molar-refractivity contribution in [3.05, 3.63) is 18.0 Å². The highest BCUT2D eigenvalue weighted by atomic mass is 16.2. The minimum Gasteiger partial charge on any atom is -0.341 e. The lowest BCUT2D eigenvalue weighted by Crippen LogP contribution is -2.60. The maximum Gasteiger partial charge on any atom is 0.242 e. The SMILES string of the molecule is CN1CCCCC1(C)C(=O)N1CCC(C)(c2ccn[nH]2)CC1. The number of carbonyl (C=O) groups excluding carboxylic acids is 1. The molecule has 1 amide bonds. The van der Waals surface area contributed by atoms with E-state index in [-0.39, 0.29) is 11.0 Å². The summed E-state index contributed by atoms with van der Waals surface area (Å²) in [5.74, 6) is 0.321. The molecule has 5 heteroatoms. The lowest BCUT2D eigenvalue weighted by atomic mass is 9.77. The quantitative estimate of drug-likeness (QED) is 0.911. The third kappa shape index (κ3) is 2.56. The van der Waals surface area contributed by atoms with E-state index in [9.17, 15) is 4.79 Å². The van der Waals surface area contributed by atoms with E-state index in [2.05, 4.69) is 47.0 Å². The van der Waals surface area contributed by atoms with Gasteiger partial charge in [-0.3, -0.25) is 14.8 Å². The summed E-state index contributed by atoms with van der Waals surface area (Å²) < 4.78 is 0. The molecule has 0 spiro atoms. The molecule has 122 valence electrons. The van der Waals surface area contributed by atoms with Crippen LogP contribution in [-0.4, -0.2) is 58.1 Å². The van der Waals surface area contributed by atoms with Crippen LogP contribution in [0.2, 0.25) is 0 Å². The highest BCUT2D eigenvalue weighted by molar-refractivity contribution is 5.86. The van der Waals surface area contributed by atoms with Crippen molar-refractivity contribution in [1.29, 1.82) is 0 Å². The number of nitrogens with zero attached hydrogens (tertiary/aromatic N) is 3. The molecule has 2 aliphatic heterocycles. The van der Waals surface area contributed by atoms with Crippen molar-refractivity contribution in [2.75, 3.05) is 26.7 Å². The number of aromatic amines is 1. The molecule has 0 aromatic carbocycles. The second kappa shape index (κ2) is 5.69. The van der Waals surface area contributed by atoms with Crippen molar-refractivity contribution in [3.63, 3.8) is 0 Å².